The number of anilines is 1. The van der Waals surface area contributed by atoms with Gasteiger partial charge in [0.15, 0.2) is 5.75 Å². The van der Waals surface area contributed by atoms with Crippen molar-refractivity contribution in [3.63, 3.8) is 0 Å². The van der Waals surface area contributed by atoms with Crippen LogP contribution < -0.4 is 14.4 Å². The van der Waals surface area contributed by atoms with Crippen LogP contribution in [0.25, 0.3) is 0 Å². The summed E-state index contributed by atoms with van der Waals surface area (Å²) in [7, 11) is 1.51. The molecule has 0 amide bonds. The van der Waals surface area contributed by atoms with Crippen LogP contribution in [0.15, 0.2) is 18.5 Å². The van der Waals surface area contributed by atoms with Gasteiger partial charge in [0, 0.05) is 19.0 Å². The van der Waals surface area contributed by atoms with E-state index < -0.39 is 11.9 Å². The highest BCUT2D eigenvalue weighted by atomic mass is 19.4. The SMILES string of the molecule is COc1cnc(OC2CCN(c3cc(C(F)(F)F)nc(C)n3)C2)nc1. The minimum absolute atomic E-state index is 0.0766. The molecule has 10 heteroatoms. The molecule has 2 aromatic rings. The number of hydrogen-bond donors (Lipinski definition) is 0. The number of ether oxygens (including phenoxy) is 2. The van der Waals surface area contributed by atoms with Crippen molar-refractivity contribution in [3.05, 3.63) is 30.0 Å². The Balaban J connectivity index is 1.69. The molecule has 1 aliphatic heterocycles. The molecule has 0 saturated carbocycles. The molecule has 0 aromatic carbocycles. The lowest BCUT2D eigenvalue weighted by Gasteiger charge is -2.19. The average Bonchev–Trinajstić information content (AvgIpc) is 3.03. The van der Waals surface area contributed by atoms with E-state index in [9.17, 15) is 13.2 Å². The van der Waals surface area contributed by atoms with Crippen LogP contribution in [0.1, 0.15) is 17.9 Å². The lowest BCUT2D eigenvalue weighted by molar-refractivity contribution is -0.141. The number of rotatable bonds is 4. The zero-order valence-electron chi connectivity index (χ0n) is 13.6. The van der Waals surface area contributed by atoms with Crippen molar-refractivity contribution < 1.29 is 22.6 Å². The van der Waals surface area contributed by atoms with E-state index in [4.69, 9.17) is 9.47 Å². The van der Waals surface area contributed by atoms with Gasteiger partial charge in [0.2, 0.25) is 0 Å². The van der Waals surface area contributed by atoms with Crippen molar-refractivity contribution >= 4 is 5.82 Å². The van der Waals surface area contributed by atoms with E-state index in [0.717, 1.165) is 6.07 Å². The Labute approximate surface area is 141 Å². The molecule has 1 saturated heterocycles. The Hall–Kier alpha value is -2.65. The van der Waals surface area contributed by atoms with Crippen molar-refractivity contribution in [1.82, 2.24) is 19.9 Å². The molecule has 0 aliphatic carbocycles. The molecule has 0 radical (unpaired) electrons. The fourth-order valence-corrected chi connectivity index (χ4v) is 2.51. The second kappa shape index (κ2) is 6.69. The second-order valence-corrected chi connectivity index (χ2v) is 5.54. The minimum Gasteiger partial charge on any atom is -0.494 e. The summed E-state index contributed by atoms with van der Waals surface area (Å²) < 4.78 is 49.3. The maximum atomic E-state index is 12.9. The van der Waals surface area contributed by atoms with Gasteiger partial charge in [-0.25, -0.2) is 9.97 Å². The standard InChI is InChI=1S/C15H16F3N5O2/c1-9-21-12(15(16,17)18)5-13(22-9)23-4-3-10(8-23)25-14-19-6-11(24-2)7-20-14/h5-7,10H,3-4,8H2,1-2H3. The number of aromatic nitrogens is 4. The summed E-state index contributed by atoms with van der Waals surface area (Å²) >= 11 is 0. The van der Waals surface area contributed by atoms with Crippen LogP contribution in [-0.4, -0.2) is 46.2 Å². The molecule has 3 heterocycles. The van der Waals surface area contributed by atoms with Crippen LogP contribution in [0.2, 0.25) is 0 Å². The van der Waals surface area contributed by atoms with Crippen LogP contribution in [0.3, 0.4) is 0 Å². The van der Waals surface area contributed by atoms with Gasteiger partial charge >= 0.3 is 12.2 Å². The van der Waals surface area contributed by atoms with E-state index in [1.165, 1.54) is 26.4 Å². The van der Waals surface area contributed by atoms with Gasteiger partial charge in [-0.1, -0.05) is 0 Å². The zero-order valence-corrected chi connectivity index (χ0v) is 13.6. The van der Waals surface area contributed by atoms with Gasteiger partial charge in [0.25, 0.3) is 0 Å². The molecule has 1 unspecified atom stereocenters. The van der Waals surface area contributed by atoms with Crippen molar-refractivity contribution in [3.8, 4) is 11.8 Å². The van der Waals surface area contributed by atoms with E-state index in [2.05, 4.69) is 19.9 Å². The Morgan fingerprint density at radius 1 is 1.20 bits per heavy atom. The highest BCUT2D eigenvalue weighted by molar-refractivity contribution is 5.42. The summed E-state index contributed by atoms with van der Waals surface area (Å²) in [4.78, 5) is 17.3. The summed E-state index contributed by atoms with van der Waals surface area (Å²) in [5.74, 6) is 0.825. The summed E-state index contributed by atoms with van der Waals surface area (Å²) in [6.45, 7) is 2.35. The first-order valence-electron chi connectivity index (χ1n) is 7.55. The smallest absolute Gasteiger partial charge is 0.433 e. The van der Waals surface area contributed by atoms with E-state index in [1.54, 1.807) is 4.90 Å². The van der Waals surface area contributed by atoms with E-state index in [0.29, 0.717) is 25.3 Å². The van der Waals surface area contributed by atoms with Gasteiger partial charge in [0.05, 0.1) is 26.0 Å². The topological polar surface area (TPSA) is 73.3 Å². The third-order valence-corrected chi connectivity index (χ3v) is 3.70. The highest BCUT2D eigenvalue weighted by Crippen LogP contribution is 2.30. The van der Waals surface area contributed by atoms with Gasteiger partial charge in [-0.05, 0) is 6.92 Å². The molecule has 3 rings (SSSR count). The molecular formula is C15H16F3N5O2. The van der Waals surface area contributed by atoms with Gasteiger partial charge in [-0.15, -0.1) is 0 Å². The maximum Gasteiger partial charge on any atom is 0.433 e. The number of nitrogens with zero attached hydrogens (tertiary/aromatic N) is 5. The molecule has 0 bridgehead atoms. The molecule has 2 aromatic heterocycles. The molecule has 7 nitrogen and oxygen atoms in total. The molecule has 0 N–H and O–H groups in total. The molecule has 1 aliphatic rings. The first-order chi connectivity index (χ1) is 11.8. The molecule has 25 heavy (non-hydrogen) atoms. The van der Waals surface area contributed by atoms with Crippen LogP contribution >= 0.6 is 0 Å². The predicted octanol–water partition coefficient (Wildman–Crippen LogP) is 2.26. The summed E-state index contributed by atoms with van der Waals surface area (Å²) in [6.07, 6.45) is -1.15. The molecule has 0 spiro atoms. The first-order valence-corrected chi connectivity index (χ1v) is 7.55. The van der Waals surface area contributed by atoms with Gasteiger partial charge in [-0.3, -0.25) is 0 Å². The van der Waals surface area contributed by atoms with Gasteiger partial charge in [-0.2, -0.15) is 23.1 Å². The Morgan fingerprint density at radius 3 is 2.56 bits per heavy atom. The average molecular weight is 355 g/mol. The molecule has 134 valence electrons. The van der Waals surface area contributed by atoms with E-state index >= 15 is 0 Å². The monoisotopic (exact) mass is 355 g/mol. The Kier molecular flexibility index (Phi) is 4.60. The fraction of sp³-hybridized carbons (Fsp3) is 0.467. The van der Waals surface area contributed by atoms with Crippen LogP contribution in [0.5, 0.6) is 11.8 Å². The largest absolute Gasteiger partial charge is 0.494 e. The highest BCUT2D eigenvalue weighted by Gasteiger charge is 2.35. The van der Waals surface area contributed by atoms with Crippen molar-refractivity contribution in [2.75, 3.05) is 25.1 Å². The van der Waals surface area contributed by atoms with Crippen LogP contribution in [0.4, 0.5) is 19.0 Å². The van der Waals surface area contributed by atoms with Gasteiger partial charge in [0.1, 0.15) is 23.4 Å². The number of alkyl halides is 3. The third kappa shape index (κ3) is 4.06. The fourth-order valence-electron chi connectivity index (χ4n) is 2.51. The third-order valence-electron chi connectivity index (χ3n) is 3.70. The van der Waals surface area contributed by atoms with Crippen LogP contribution in [-0.2, 0) is 6.18 Å². The Morgan fingerprint density at radius 2 is 1.92 bits per heavy atom. The number of halogens is 3. The lowest BCUT2D eigenvalue weighted by Crippen LogP contribution is -2.26. The lowest BCUT2D eigenvalue weighted by atomic mass is 10.3. The van der Waals surface area contributed by atoms with Crippen molar-refractivity contribution in [1.29, 1.82) is 0 Å². The number of methoxy groups -OCH3 is 1. The molecule has 1 fully saturated rings. The normalized spacial score (nSPS) is 17.6. The maximum absolute atomic E-state index is 12.9. The van der Waals surface area contributed by atoms with Crippen LogP contribution in [0, 0.1) is 6.92 Å². The quantitative estimate of drug-likeness (QED) is 0.833. The Bertz CT molecular complexity index is 739. The van der Waals surface area contributed by atoms with Gasteiger partial charge < -0.3 is 14.4 Å². The summed E-state index contributed by atoms with van der Waals surface area (Å²) in [5, 5.41) is 0. The minimum atomic E-state index is -4.50. The zero-order chi connectivity index (χ0) is 18.0. The second-order valence-electron chi connectivity index (χ2n) is 5.54. The number of aryl methyl sites for hydroxylation is 1. The van der Waals surface area contributed by atoms with Crippen molar-refractivity contribution in [2.24, 2.45) is 0 Å². The summed E-state index contributed by atoms with van der Waals surface area (Å²) in [6, 6.07) is 1.15. The first kappa shape index (κ1) is 17.2. The predicted molar refractivity (Wildman–Crippen MR) is 81.6 cm³/mol. The molecular weight excluding hydrogens is 339 g/mol. The van der Waals surface area contributed by atoms with Crippen molar-refractivity contribution in [2.45, 2.75) is 25.6 Å². The molecule has 1 atom stereocenters. The van der Waals surface area contributed by atoms with E-state index in [1.807, 2.05) is 0 Å². The number of hydrogen-bond acceptors (Lipinski definition) is 7. The summed E-state index contributed by atoms with van der Waals surface area (Å²) in [5.41, 5.74) is -0.946. The van der Waals surface area contributed by atoms with E-state index in [-0.39, 0.29) is 23.8 Å².